The molecule has 0 atom stereocenters. The van der Waals surface area contributed by atoms with Gasteiger partial charge in [0.1, 0.15) is 5.03 Å². The van der Waals surface area contributed by atoms with Gasteiger partial charge in [0.25, 0.3) is 0 Å². The van der Waals surface area contributed by atoms with E-state index in [9.17, 15) is 0 Å². The van der Waals surface area contributed by atoms with Crippen molar-refractivity contribution in [3.05, 3.63) is 34.8 Å². The lowest BCUT2D eigenvalue weighted by Crippen LogP contribution is -1.94. The number of anilines is 1. The molecule has 3 nitrogen and oxygen atoms in total. The van der Waals surface area contributed by atoms with Gasteiger partial charge in [0, 0.05) is 23.0 Å². The molecule has 2 aromatic rings. The Morgan fingerprint density at radius 3 is 2.93 bits per heavy atom. The van der Waals surface area contributed by atoms with Gasteiger partial charge in [-0.1, -0.05) is 17.8 Å². The van der Waals surface area contributed by atoms with E-state index in [1.807, 2.05) is 6.07 Å². The van der Waals surface area contributed by atoms with E-state index < -0.39 is 0 Å². The summed E-state index contributed by atoms with van der Waals surface area (Å²) >= 11 is 3.35. The van der Waals surface area contributed by atoms with Gasteiger partial charge in [-0.15, -0.1) is 11.3 Å². The van der Waals surface area contributed by atoms with Gasteiger partial charge in [-0.2, -0.15) is 0 Å². The molecule has 0 spiro atoms. The lowest BCUT2D eigenvalue weighted by Gasteiger charge is -2.00. The number of rotatable bonds is 3. The number of hydrogen-bond donors (Lipinski definition) is 1. The van der Waals surface area contributed by atoms with Crippen LogP contribution in [0.5, 0.6) is 0 Å². The Balaban J connectivity index is 2.02. The lowest BCUT2D eigenvalue weighted by atomic mass is 10.5. The zero-order valence-corrected chi connectivity index (χ0v) is 9.02. The highest BCUT2D eigenvalue weighted by Gasteiger charge is 2.02. The minimum Gasteiger partial charge on any atom is -0.381 e. The molecule has 0 saturated heterocycles. The minimum atomic E-state index is 0.508. The smallest absolute Gasteiger partial charge is 0.156 e. The second-order valence-electron chi connectivity index (χ2n) is 2.61. The molecule has 14 heavy (non-hydrogen) atoms. The molecular weight excluding hydrogens is 214 g/mol. The normalized spacial score (nSPS) is 10.3. The third kappa shape index (κ3) is 2.24. The second-order valence-corrected chi connectivity index (χ2v) is 4.61. The highest BCUT2D eigenvalue weighted by molar-refractivity contribution is 7.98. The number of thiophene rings is 1. The van der Waals surface area contributed by atoms with Crippen LogP contribution in [0.2, 0.25) is 0 Å². The first-order chi connectivity index (χ1) is 6.86. The Hall–Kier alpha value is -1.07. The van der Waals surface area contributed by atoms with Crippen molar-refractivity contribution in [3.8, 4) is 0 Å². The SMILES string of the molecule is Nc1nccnc1SCc1cccs1. The maximum absolute atomic E-state index is 5.67. The zero-order chi connectivity index (χ0) is 9.80. The summed E-state index contributed by atoms with van der Waals surface area (Å²) in [7, 11) is 0. The van der Waals surface area contributed by atoms with E-state index in [-0.39, 0.29) is 0 Å². The average Bonchev–Trinajstić information content (AvgIpc) is 2.69. The Labute approximate surface area is 90.4 Å². The third-order valence-electron chi connectivity index (χ3n) is 1.62. The molecular formula is C9H9N3S2. The van der Waals surface area contributed by atoms with E-state index in [0.717, 1.165) is 10.8 Å². The molecule has 2 N–H and O–H groups in total. The molecule has 0 saturated carbocycles. The zero-order valence-electron chi connectivity index (χ0n) is 7.38. The number of thioether (sulfide) groups is 1. The summed E-state index contributed by atoms with van der Waals surface area (Å²) in [6.07, 6.45) is 3.26. The Morgan fingerprint density at radius 2 is 2.21 bits per heavy atom. The topological polar surface area (TPSA) is 51.8 Å². The largest absolute Gasteiger partial charge is 0.381 e. The summed E-state index contributed by atoms with van der Waals surface area (Å²) in [5.41, 5.74) is 5.67. The summed E-state index contributed by atoms with van der Waals surface area (Å²) < 4.78 is 0. The summed E-state index contributed by atoms with van der Waals surface area (Å²) in [5, 5.41) is 2.87. The molecule has 5 heteroatoms. The Bertz CT molecular complexity index is 400. The van der Waals surface area contributed by atoms with E-state index in [1.54, 1.807) is 35.5 Å². The lowest BCUT2D eigenvalue weighted by molar-refractivity contribution is 1.07. The fraction of sp³-hybridized carbons (Fsp3) is 0.111. The highest BCUT2D eigenvalue weighted by Crippen LogP contribution is 2.25. The van der Waals surface area contributed by atoms with Crippen molar-refractivity contribution in [1.82, 2.24) is 9.97 Å². The number of hydrogen-bond acceptors (Lipinski definition) is 5. The first-order valence-electron chi connectivity index (χ1n) is 4.08. The van der Waals surface area contributed by atoms with Gasteiger partial charge in [0.05, 0.1) is 0 Å². The van der Waals surface area contributed by atoms with E-state index >= 15 is 0 Å². The Kier molecular flexibility index (Phi) is 3.00. The van der Waals surface area contributed by atoms with Gasteiger partial charge in [0.15, 0.2) is 5.82 Å². The quantitative estimate of drug-likeness (QED) is 0.812. The number of nitrogens with two attached hydrogens (primary N) is 1. The summed E-state index contributed by atoms with van der Waals surface area (Å²) in [4.78, 5) is 9.45. The maximum atomic E-state index is 5.67. The predicted octanol–water partition coefficient (Wildman–Crippen LogP) is 2.41. The van der Waals surface area contributed by atoms with Crippen molar-refractivity contribution < 1.29 is 0 Å². The van der Waals surface area contributed by atoms with Crippen LogP contribution in [0.3, 0.4) is 0 Å². The van der Waals surface area contributed by atoms with Crippen molar-refractivity contribution >= 4 is 28.9 Å². The molecule has 2 rings (SSSR count). The molecule has 2 heterocycles. The van der Waals surface area contributed by atoms with Crippen LogP contribution in [-0.4, -0.2) is 9.97 Å². The number of nitrogens with zero attached hydrogens (tertiary/aromatic N) is 2. The van der Waals surface area contributed by atoms with Crippen LogP contribution in [0.15, 0.2) is 34.9 Å². The first kappa shape index (κ1) is 9.48. The van der Waals surface area contributed by atoms with Crippen LogP contribution in [0, 0.1) is 0 Å². The Morgan fingerprint density at radius 1 is 1.36 bits per heavy atom. The van der Waals surface area contributed by atoms with Gasteiger partial charge in [-0.05, 0) is 11.4 Å². The second kappa shape index (κ2) is 4.43. The number of nitrogen functional groups attached to an aromatic ring is 1. The van der Waals surface area contributed by atoms with E-state index in [2.05, 4.69) is 21.4 Å². The standard InChI is InChI=1S/C9H9N3S2/c10-8-9(12-4-3-11-8)14-6-7-2-1-5-13-7/h1-5H,6H2,(H2,10,11). The van der Waals surface area contributed by atoms with Crippen molar-refractivity contribution in [2.24, 2.45) is 0 Å². The van der Waals surface area contributed by atoms with Gasteiger partial charge < -0.3 is 5.73 Å². The third-order valence-corrected chi connectivity index (χ3v) is 3.72. The van der Waals surface area contributed by atoms with E-state index in [4.69, 9.17) is 5.73 Å². The fourth-order valence-electron chi connectivity index (χ4n) is 0.981. The van der Waals surface area contributed by atoms with Crippen LogP contribution in [0.25, 0.3) is 0 Å². The van der Waals surface area contributed by atoms with Crippen molar-refractivity contribution in [3.63, 3.8) is 0 Å². The van der Waals surface area contributed by atoms with Crippen LogP contribution in [0.4, 0.5) is 5.82 Å². The van der Waals surface area contributed by atoms with E-state index in [0.29, 0.717) is 5.82 Å². The van der Waals surface area contributed by atoms with Crippen LogP contribution < -0.4 is 5.73 Å². The maximum Gasteiger partial charge on any atom is 0.156 e. The van der Waals surface area contributed by atoms with Crippen LogP contribution in [0.1, 0.15) is 4.88 Å². The van der Waals surface area contributed by atoms with Gasteiger partial charge in [0.2, 0.25) is 0 Å². The molecule has 0 bridgehead atoms. The molecule has 2 aromatic heterocycles. The van der Waals surface area contributed by atoms with Crippen molar-refractivity contribution in [2.75, 3.05) is 5.73 Å². The van der Waals surface area contributed by atoms with Crippen LogP contribution in [-0.2, 0) is 5.75 Å². The predicted molar refractivity (Wildman–Crippen MR) is 60.3 cm³/mol. The molecule has 0 aromatic carbocycles. The highest BCUT2D eigenvalue weighted by atomic mass is 32.2. The average molecular weight is 223 g/mol. The summed E-state index contributed by atoms with van der Waals surface area (Å²) in [6, 6.07) is 4.14. The molecule has 0 aliphatic heterocycles. The fourth-order valence-corrected chi connectivity index (χ4v) is 2.63. The molecule has 0 amide bonds. The minimum absolute atomic E-state index is 0.508. The molecule has 0 radical (unpaired) electrons. The van der Waals surface area contributed by atoms with Gasteiger partial charge in [-0.3, -0.25) is 0 Å². The monoisotopic (exact) mass is 223 g/mol. The van der Waals surface area contributed by atoms with Crippen molar-refractivity contribution in [2.45, 2.75) is 10.8 Å². The molecule has 0 aliphatic rings. The van der Waals surface area contributed by atoms with Crippen molar-refractivity contribution in [1.29, 1.82) is 0 Å². The molecule has 0 aliphatic carbocycles. The first-order valence-corrected chi connectivity index (χ1v) is 5.94. The molecule has 0 fully saturated rings. The van der Waals surface area contributed by atoms with Gasteiger partial charge in [-0.25, -0.2) is 9.97 Å². The summed E-state index contributed by atoms with van der Waals surface area (Å²) in [6.45, 7) is 0. The molecule has 0 unspecified atom stereocenters. The summed E-state index contributed by atoms with van der Waals surface area (Å²) in [5.74, 6) is 1.41. The van der Waals surface area contributed by atoms with Crippen LogP contribution >= 0.6 is 23.1 Å². The van der Waals surface area contributed by atoms with Gasteiger partial charge >= 0.3 is 0 Å². The number of aromatic nitrogens is 2. The van der Waals surface area contributed by atoms with E-state index in [1.165, 1.54) is 4.88 Å². The molecule has 72 valence electrons.